The highest BCUT2D eigenvalue weighted by Gasteiger charge is 2.41. The van der Waals surface area contributed by atoms with Crippen molar-refractivity contribution >= 4 is 104 Å². The Bertz CT molecular complexity index is 1930. The number of hydrogen-bond donors (Lipinski definition) is 1. The molecule has 4 nitrogen and oxygen atoms in total. The molecule has 0 saturated carbocycles. The van der Waals surface area contributed by atoms with Gasteiger partial charge in [-0.1, -0.05) is 279 Å². The van der Waals surface area contributed by atoms with Crippen LogP contribution in [0.3, 0.4) is 0 Å². The lowest BCUT2D eigenvalue weighted by Crippen LogP contribution is -2.44. The van der Waals surface area contributed by atoms with Gasteiger partial charge in [0.2, 0.25) is 0 Å². The summed E-state index contributed by atoms with van der Waals surface area (Å²) in [5.41, 5.74) is 0.117. The van der Waals surface area contributed by atoms with Crippen molar-refractivity contribution in [3.63, 3.8) is 0 Å². The molecule has 0 unspecified atom stereocenters. The second-order valence-corrected chi connectivity index (χ2v) is 47.4. The van der Waals surface area contributed by atoms with Gasteiger partial charge in [-0.15, -0.1) is 0 Å². The maximum absolute atomic E-state index is 14.3. The number of aliphatic hydroxyl groups excluding tert-OH is 1. The molecule has 4 aromatic carbocycles. The van der Waals surface area contributed by atoms with Crippen molar-refractivity contribution in [2.24, 2.45) is 16.2 Å². The summed E-state index contributed by atoms with van der Waals surface area (Å²) in [5.74, 6) is 0. The van der Waals surface area contributed by atoms with Gasteiger partial charge < -0.3 is 18.5 Å². The molecule has 12 heteroatoms. The van der Waals surface area contributed by atoms with Crippen LogP contribution in [0, 0.1) is 16.2 Å². The number of hydrogen-bond acceptors (Lipinski definition) is 4. The van der Waals surface area contributed by atoms with Gasteiger partial charge in [-0.05, 0) is 68.2 Å². The van der Waals surface area contributed by atoms with Crippen LogP contribution in [0.2, 0.25) is 54.4 Å². The summed E-state index contributed by atoms with van der Waals surface area (Å²) < 4.78 is 27.0. The molecule has 0 aromatic heterocycles. The lowest BCUT2D eigenvalue weighted by Gasteiger charge is -2.40. The zero-order valence-electron chi connectivity index (χ0n) is 47.0. The first-order valence-corrected chi connectivity index (χ1v) is 39.4. The first-order valence-electron chi connectivity index (χ1n) is 24.5. The third kappa shape index (κ3) is 26.9. The van der Waals surface area contributed by atoms with Gasteiger partial charge >= 0.3 is 0 Å². The minimum Gasteiger partial charge on any atom is -0.416 e. The number of halogens is 3. The summed E-state index contributed by atoms with van der Waals surface area (Å²) in [6.45, 7) is 48.3. The molecule has 0 amide bonds. The zero-order chi connectivity index (χ0) is 53.8. The third-order valence-electron chi connectivity index (χ3n) is 13.0. The fraction of sp³-hybridized carbons (Fsp3) is 0.579. The smallest absolute Gasteiger partial charge is 0.192 e. The first kappa shape index (κ1) is 68.3. The lowest BCUT2D eigenvalue weighted by atomic mass is 9.98. The summed E-state index contributed by atoms with van der Waals surface area (Å²) in [5, 5.41) is 15.9. The van der Waals surface area contributed by atoms with E-state index in [0.29, 0.717) is 22.8 Å². The molecule has 0 aliphatic rings. The fourth-order valence-electron chi connectivity index (χ4n) is 4.79. The molecule has 1 N–H and O–H groups in total. The Labute approximate surface area is 451 Å². The van der Waals surface area contributed by atoms with Crippen molar-refractivity contribution < 1.29 is 18.5 Å². The van der Waals surface area contributed by atoms with Gasteiger partial charge in [-0.2, -0.15) is 11.1 Å². The average Bonchev–Trinajstić information content (AvgIpc) is 3.26. The molecule has 0 bridgehead atoms. The number of rotatable bonds is 15. The Morgan fingerprint density at radius 2 is 0.768 bits per heavy atom. The molecule has 4 aromatic rings. The van der Waals surface area contributed by atoms with Crippen LogP contribution in [0.5, 0.6) is 0 Å². The van der Waals surface area contributed by atoms with Gasteiger partial charge in [0.25, 0.3) is 0 Å². The summed E-state index contributed by atoms with van der Waals surface area (Å²) in [4.78, 5) is 0. The summed E-state index contributed by atoms with van der Waals surface area (Å²) in [7, 11) is -6.73. The van der Waals surface area contributed by atoms with E-state index in [2.05, 4.69) is 222 Å². The fourth-order valence-corrected chi connectivity index (χ4v) is 11.8. The van der Waals surface area contributed by atoms with Gasteiger partial charge in [0.05, 0.1) is 0 Å². The van der Waals surface area contributed by atoms with Crippen molar-refractivity contribution in [1.82, 2.24) is 0 Å². The molecule has 0 heterocycles. The lowest BCUT2D eigenvalue weighted by molar-refractivity contribution is 0.182. The van der Waals surface area contributed by atoms with Crippen LogP contribution in [-0.4, -0.2) is 65.8 Å². The van der Waals surface area contributed by atoms with Crippen molar-refractivity contribution in [2.75, 3.05) is 36.6 Å². The molecular formula is C57H97Br2ClO4P2Si3. The normalized spacial score (nSPS) is 13.0. The van der Waals surface area contributed by atoms with Gasteiger partial charge in [0, 0.05) is 47.3 Å². The number of benzene rings is 4. The minimum atomic E-state index is -2.73. The molecule has 69 heavy (non-hydrogen) atoms. The van der Waals surface area contributed by atoms with Crippen LogP contribution >= 0.6 is 58.7 Å². The molecule has 392 valence electrons. The van der Waals surface area contributed by atoms with Gasteiger partial charge in [0.1, 0.15) is 7.14 Å². The predicted molar refractivity (Wildman–Crippen MR) is 330 cm³/mol. The van der Waals surface area contributed by atoms with Crippen LogP contribution in [0.4, 0.5) is 0 Å². The highest BCUT2D eigenvalue weighted by molar-refractivity contribution is 9.09. The standard InChI is InChI=1S/C23H35O2PSi.C12H11P.C11H25BrOSi.C6H15ClSi.C5H11BrO/c1-22(2,3)27(6,7)25-18-23(4,5)19-26(24,20-14-10-8-11-15-20)21-16-12-9-13-17-21;1-3-7-11(8-4-1)13-12-9-5-2-6-10-12;1-10(2,3)14(6,7)13-9-11(4,5)8-12;1-6(2,3)8(4,5)7;1-5(2,3-6)4-7/h8-17H,18-19H2,1-7H3;1-10,13H;8-9H2,1-7H3;1-5H3;7H,3-4H2,1-2H3. The molecule has 0 atom stereocenters. The monoisotopic (exact) mass is 1180 g/mol. The van der Waals surface area contributed by atoms with Crippen LogP contribution in [0.1, 0.15) is 104 Å². The molecule has 0 saturated heterocycles. The maximum atomic E-state index is 14.3. The van der Waals surface area contributed by atoms with Gasteiger partial charge in [-0.3, -0.25) is 0 Å². The highest BCUT2D eigenvalue weighted by atomic mass is 79.9. The summed E-state index contributed by atoms with van der Waals surface area (Å²) in [6.07, 6.45) is 0.600. The average molecular weight is 1190 g/mol. The molecule has 0 spiro atoms. The van der Waals surface area contributed by atoms with Gasteiger partial charge in [-0.25, -0.2) is 0 Å². The molecule has 0 aliphatic carbocycles. The second-order valence-electron chi connectivity index (χ2n) is 25.2. The van der Waals surface area contributed by atoms with E-state index in [4.69, 9.17) is 25.0 Å². The molecule has 4 rings (SSSR count). The van der Waals surface area contributed by atoms with Crippen molar-refractivity contribution in [3.05, 3.63) is 121 Å². The topological polar surface area (TPSA) is 55.8 Å². The molecule has 0 radical (unpaired) electrons. The Morgan fingerprint density at radius 3 is 1.00 bits per heavy atom. The molecular weight excluding hydrogens is 1090 g/mol. The van der Waals surface area contributed by atoms with E-state index in [1.165, 1.54) is 10.6 Å². The van der Waals surface area contributed by atoms with Crippen molar-refractivity contribution in [3.8, 4) is 0 Å². The van der Waals surface area contributed by atoms with E-state index in [9.17, 15) is 4.57 Å². The highest BCUT2D eigenvalue weighted by Crippen LogP contribution is 2.49. The minimum absolute atomic E-state index is 0.0556. The Kier molecular flexibility index (Phi) is 29.1. The first-order chi connectivity index (χ1) is 31.2. The Morgan fingerprint density at radius 1 is 0.493 bits per heavy atom. The van der Waals surface area contributed by atoms with E-state index < -0.39 is 31.2 Å². The summed E-state index contributed by atoms with van der Waals surface area (Å²) in [6, 6.07) is 41.0. The van der Waals surface area contributed by atoms with Crippen LogP contribution in [0.25, 0.3) is 0 Å². The van der Waals surface area contributed by atoms with E-state index >= 15 is 0 Å². The maximum Gasteiger partial charge on any atom is 0.192 e. The van der Waals surface area contributed by atoms with E-state index in [1.807, 2.05) is 74.5 Å². The second kappa shape index (κ2) is 29.4. The number of aliphatic hydroxyl groups is 1. The van der Waals surface area contributed by atoms with E-state index in [1.54, 1.807) is 0 Å². The van der Waals surface area contributed by atoms with Crippen molar-refractivity contribution in [2.45, 2.75) is 158 Å². The predicted octanol–water partition coefficient (Wildman–Crippen LogP) is 17.4. The SMILES string of the molecule is CC(C)(C)[Si](C)(C)Cl.CC(C)(CBr)CO[Si](C)(C)C(C)(C)C.CC(C)(CO)CBr.CC(C)(CO[Si](C)(C)C(C)(C)C)CP(=O)(c1ccccc1)c1ccccc1.c1ccc(Pc2ccccc2)cc1. The van der Waals surface area contributed by atoms with Crippen LogP contribution in [0.15, 0.2) is 121 Å². The van der Waals surface area contributed by atoms with E-state index in [0.717, 1.165) is 36.5 Å². The van der Waals surface area contributed by atoms with Crippen molar-refractivity contribution in [1.29, 1.82) is 0 Å². The molecule has 0 fully saturated rings. The van der Waals surface area contributed by atoms with Crippen LogP contribution < -0.4 is 21.2 Å². The van der Waals surface area contributed by atoms with Crippen LogP contribution in [-0.2, 0) is 13.4 Å². The van der Waals surface area contributed by atoms with E-state index in [-0.39, 0.29) is 27.9 Å². The molecule has 0 aliphatic heterocycles. The quantitative estimate of drug-likeness (QED) is 0.0558. The third-order valence-corrected chi connectivity index (χ3v) is 35.1. The Hall–Kier alpha value is -0.679. The van der Waals surface area contributed by atoms with Gasteiger partial charge in [0.15, 0.2) is 24.0 Å². The Balaban J connectivity index is 0.000000928. The largest absolute Gasteiger partial charge is 0.416 e. The zero-order valence-corrected chi connectivity index (χ0v) is 55.9. The summed E-state index contributed by atoms with van der Waals surface area (Å²) >= 11 is 12.9. The number of alkyl halides is 2.